The first-order valence-electron chi connectivity index (χ1n) is 13.4. The second-order valence-electron chi connectivity index (χ2n) is 11.0. The molecule has 3 aromatic rings. The maximum atomic E-state index is 12.7. The lowest BCUT2D eigenvalue weighted by Crippen LogP contribution is -2.67. The topological polar surface area (TPSA) is 99.6 Å². The van der Waals surface area contributed by atoms with Gasteiger partial charge in [0.1, 0.15) is 6.23 Å². The molecule has 208 valence electrons. The Hall–Kier alpha value is -2.68. The van der Waals surface area contributed by atoms with Gasteiger partial charge in [0.25, 0.3) is 13.9 Å². The van der Waals surface area contributed by atoms with Gasteiger partial charge in [-0.25, -0.2) is 4.79 Å². The molecule has 0 aliphatic carbocycles. The number of ether oxygens (including phenoxy) is 1. The van der Waals surface area contributed by atoms with Crippen molar-refractivity contribution in [3.63, 3.8) is 0 Å². The Labute approximate surface area is 231 Å². The van der Waals surface area contributed by atoms with Crippen LogP contribution in [0.1, 0.15) is 45.9 Å². The summed E-state index contributed by atoms with van der Waals surface area (Å²) >= 11 is 0. The molecule has 10 heteroatoms. The van der Waals surface area contributed by atoms with Crippen molar-refractivity contribution in [3.8, 4) is 0 Å². The molecule has 1 saturated heterocycles. The van der Waals surface area contributed by atoms with E-state index >= 15 is 0 Å². The van der Waals surface area contributed by atoms with Crippen LogP contribution in [-0.2, 0) is 18.3 Å². The number of rotatable bonds is 10. The largest absolute Gasteiger partial charge is 0.508 e. The Kier molecular flexibility index (Phi) is 9.19. The normalized spacial score (nSPS) is 20.2. The van der Waals surface area contributed by atoms with Crippen LogP contribution in [0.2, 0.25) is 5.04 Å². The number of aryl methyl sites for hydroxylation is 1. The molecule has 0 amide bonds. The highest BCUT2D eigenvalue weighted by Gasteiger charge is 2.52. The zero-order chi connectivity index (χ0) is 28.2. The molecule has 1 aliphatic heterocycles. The highest BCUT2D eigenvalue weighted by molar-refractivity contribution is 7.39. The highest BCUT2D eigenvalue weighted by Crippen LogP contribution is 2.41. The van der Waals surface area contributed by atoms with Crippen LogP contribution >= 0.6 is 8.03 Å². The molecule has 1 unspecified atom stereocenters. The minimum absolute atomic E-state index is 0.164. The van der Waals surface area contributed by atoms with E-state index < -0.39 is 39.9 Å². The molecule has 1 fully saturated rings. The molecule has 0 radical (unpaired) electrons. The van der Waals surface area contributed by atoms with E-state index in [1.54, 1.807) is 6.92 Å². The first kappa shape index (κ1) is 29.3. The van der Waals surface area contributed by atoms with Crippen molar-refractivity contribution in [2.75, 3.05) is 19.4 Å². The molecule has 39 heavy (non-hydrogen) atoms. The molecule has 4 rings (SSSR count). The zero-order valence-corrected chi connectivity index (χ0v) is 25.1. The van der Waals surface area contributed by atoms with Crippen LogP contribution < -0.4 is 21.6 Å². The lowest BCUT2D eigenvalue weighted by atomic mass is 10.0. The van der Waals surface area contributed by atoms with Crippen LogP contribution in [0.5, 0.6) is 0 Å². The third kappa shape index (κ3) is 6.23. The fraction of sp³-hybridized carbons (Fsp3) is 0.448. The van der Waals surface area contributed by atoms with Crippen molar-refractivity contribution in [3.05, 3.63) is 93.3 Å². The number of benzene rings is 2. The van der Waals surface area contributed by atoms with E-state index in [4.69, 9.17) is 13.7 Å². The highest BCUT2D eigenvalue weighted by atomic mass is 31.1. The summed E-state index contributed by atoms with van der Waals surface area (Å²) in [6.07, 6.45) is 1.24. The summed E-state index contributed by atoms with van der Waals surface area (Å²) in [5, 5.41) is 2.09. The van der Waals surface area contributed by atoms with Crippen molar-refractivity contribution in [1.29, 1.82) is 0 Å². The summed E-state index contributed by atoms with van der Waals surface area (Å²) in [5.74, 6) is -0.164. The number of hydrogen-bond donors (Lipinski definition) is 1. The molecule has 2 aromatic carbocycles. The molecule has 8 nitrogen and oxygen atoms in total. The molecule has 1 aromatic heterocycles. The number of aromatic amines is 1. The molecule has 0 saturated carbocycles. The van der Waals surface area contributed by atoms with Gasteiger partial charge in [-0.05, 0) is 33.8 Å². The Morgan fingerprint density at radius 3 is 2.18 bits per heavy atom. The van der Waals surface area contributed by atoms with Gasteiger partial charge in [-0.1, -0.05) is 81.4 Å². The Morgan fingerprint density at radius 2 is 1.64 bits per heavy atom. The predicted octanol–water partition coefficient (Wildman–Crippen LogP) is 4.10. The average molecular weight is 570 g/mol. The van der Waals surface area contributed by atoms with Crippen LogP contribution in [0.15, 0.2) is 76.4 Å². The fourth-order valence-electron chi connectivity index (χ4n) is 5.48. The first-order valence-corrected chi connectivity index (χ1v) is 16.6. The molecule has 0 spiro atoms. The molecular weight excluding hydrogens is 531 g/mol. The minimum Gasteiger partial charge on any atom is -0.405 e. The second-order valence-corrected chi connectivity index (χ2v) is 16.6. The Balaban J connectivity index is 1.71. The van der Waals surface area contributed by atoms with Crippen molar-refractivity contribution >= 4 is 26.7 Å². The summed E-state index contributed by atoms with van der Waals surface area (Å²) in [7, 11) is -4.72. The first-order chi connectivity index (χ1) is 18.6. The van der Waals surface area contributed by atoms with Crippen molar-refractivity contribution < 1.29 is 18.3 Å². The van der Waals surface area contributed by atoms with E-state index in [2.05, 4.69) is 50.0 Å². The fourth-order valence-corrected chi connectivity index (χ4v) is 11.2. The predicted molar refractivity (Wildman–Crippen MR) is 156 cm³/mol. The third-order valence-electron chi connectivity index (χ3n) is 7.36. The van der Waals surface area contributed by atoms with Crippen LogP contribution in [0, 0.1) is 12.8 Å². The minimum atomic E-state index is -2.83. The van der Waals surface area contributed by atoms with E-state index in [9.17, 15) is 14.2 Å². The number of nitrogens with one attached hydrogen (secondary N) is 1. The van der Waals surface area contributed by atoms with Crippen LogP contribution in [0.3, 0.4) is 0 Å². The van der Waals surface area contributed by atoms with Crippen molar-refractivity contribution in [2.45, 2.75) is 58.4 Å². The molecule has 1 N–H and O–H groups in total. The number of nitrogens with zero attached hydrogens (tertiary/aromatic N) is 1. The van der Waals surface area contributed by atoms with Crippen LogP contribution in [-0.4, -0.2) is 43.3 Å². The zero-order valence-electron chi connectivity index (χ0n) is 23.3. The lowest BCUT2D eigenvalue weighted by Gasteiger charge is -2.43. The number of aromatic nitrogens is 2. The SMILES string of the molecule is CCO[P+](=O)C[C@H]1C[C@H](n2cc(C)c(=O)[nH]c2=O)O[C@@H]1CO[Si](c1ccccc1)(c1ccccc1)C(C)(C)C. The molecule has 2 heterocycles. The van der Waals surface area contributed by atoms with Gasteiger partial charge in [-0.2, -0.15) is 0 Å². The van der Waals surface area contributed by atoms with E-state index in [0.717, 1.165) is 10.4 Å². The van der Waals surface area contributed by atoms with Gasteiger partial charge in [0, 0.05) is 24.1 Å². The monoisotopic (exact) mass is 569 g/mol. The van der Waals surface area contributed by atoms with Crippen LogP contribution in [0.25, 0.3) is 0 Å². The molecular formula is C29H38N2O6PSi+. The van der Waals surface area contributed by atoms with Crippen LogP contribution in [0.4, 0.5) is 0 Å². The summed E-state index contributed by atoms with van der Waals surface area (Å²) in [5.41, 5.74) is -0.531. The van der Waals surface area contributed by atoms with E-state index in [1.165, 1.54) is 10.8 Å². The number of hydrogen-bond acceptors (Lipinski definition) is 6. The van der Waals surface area contributed by atoms with E-state index in [-0.39, 0.29) is 17.6 Å². The lowest BCUT2D eigenvalue weighted by molar-refractivity contribution is -0.0280. The van der Waals surface area contributed by atoms with Gasteiger partial charge in [0.2, 0.25) is 0 Å². The van der Waals surface area contributed by atoms with Gasteiger partial charge < -0.3 is 9.16 Å². The Morgan fingerprint density at radius 1 is 1.05 bits per heavy atom. The van der Waals surface area contributed by atoms with Gasteiger partial charge >= 0.3 is 13.7 Å². The van der Waals surface area contributed by atoms with Gasteiger partial charge in [0.15, 0.2) is 6.16 Å². The van der Waals surface area contributed by atoms with Gasteiger partial charge in [-0.15, -0.1) is 4.52 Å². The van der Waals surface area contributed by atoms with Crippen molar-refractivity contribution in [2.24, 2.45) is 5.92 Å². The van der Waals surface area contributed by atoms with E-state index in [1.807, 2.05) is 43.3 Å². The average Bonchev–Trinajstić information content (AvgIpc) is 3.29. The Bertz CT molecular complexity index is 1350. The summed E-state index contributed by atoms with van der Waals surface area (Å²) < 4.78 is 33.1. The maximum absolute atomic E-state index is 12.7. The summed E-state index contributed by atoms with van der Waals surface area (Å²) in [6, 6.07) is 20.7. The molecule has 4 atom stereocenters. The smallest absolute Gasteiger partial charge is 0.405 e. The maximum Gasteiger partial charge on any atom is 0.508 e. The summed E-state index contributed by atoms with van der Waals surface area (Å²) in [6.45, 7) is 10.7. The molecule has 0 bridgehead atoms. The third-order valence-corrected chi connectivity index (χ3v) is 13.7. The number of H-pyrrole nitrogens is 1. The van der Waals surface area contributed by atoms with Gasteiger partial charge in [-0.3, -0.25) is 14.3 Å². The summed E-state index contributed by atoms with van der Waals surface area (Å²) in [4.78, 5) is 27.0. The quantitative estimate of drug-likeness (QED) is 0.292. The van der Waals surface area contributed by atoms with Crippen molar-refractivity contribution in [1.82, 2.24) is 9.55 Å². The molecule has 1 aliphatic rings. The standard InChI is InChI=1S/C29H37N2O6PSi/c1-6-35-38(34)20-22-17-26(31-18-21(2)27(32)30-28(31)33)37-25(22)19-36-39(29(3,4)5,23-13-9-7-10-14-23)24-15-11-8-12-16-24/h7-16,18,22,25-26H,6,17,19-20H2,1-5H3/p+1/t22-,25-,26-/m1/s1. The second kappa shape index (κ2) is 12.2. The van der Waals surface area contributed by atoms with Gasteiger partial charge in [0.05, 0.1) is 19.3 Å². The van der Waals surface area contributed by atoms with E-state index in [0.29, 0.717) is 24.8 Å².